The van der Waals surface area contributed by atoms with Crippen molar-refractivity contribution in [1.29, 1.82) is 0 Å². The number of hydrogen-bond acceptors (Lipinski definition) is 3. The Balaban J connectivity index is 3.82. The minimum absolute atomic E-state index is 0.413. The van der Waals surface area contributed by atoms with Crippen molar-refractivity contribution in [3.05, 3.63) is 0 Å². The molecule has 0 saturated carbocycles. The van der Waals surface area contributed by atoms with Gasteiger partial charge in [0, 0.05) is 26.1 Å². The highest BCUT2D eigenvalue weighted by atomic mass is 16.7. The van der Waals surface area contributed by atoms with Crippen LogP contribution in [0.15, 0.2) is 0 Å². The Hall–Kier alpha value is -0.560. The molecule has 0 saturated heterocycles. The Labute approximate surface area is 106 Å². The number of hydrogen-bond donors (Lipinski definition) is 1. The van der Waals surface area contributed by atoms with Crippen LogP contribution in [-0.4, -0.2) is 30.7 Å². The summed E-state index contributed by atoms with van der Waals surface area (Å²) in [7, 11) is 0. The smallest absolute Gasteiger partial charge is 0.184 e. The Morgan fingerprint density at radius 3 is 2.18 bits per heavy atom. The van der Waals surface area contributed by atoms with Crippen molar-refractivity contribution >= 4 is 0 Å². The molecule has 1 unspecified atom stereocenters. The summed E-state index contributed by atoms with van der Waals surface area (Å²) in [6.45, 7) is 7.01. The van der Waals surface area contributed by atoms with Crippen LogP contribution in [0.3, 0.4) is 0 Å². The zero-order valence-corrected chi connectivity index (χ0v) is 11.4. The third-order valence-corrected chi connectivity index (χ3v) is 2.32. The summed E-state index contributed by atoms with van der Waals surface area (Å²) in [6.07, 6.45) is 3.69. The monoisotopic (exact) mass is 242 g/mol. The molecular formula is C14H26O3. The van der Waals surface area contributed by atoms with Crippen molar-refractivity contribution in [2.75, 3.05) is 13.2 Å². The lowest BCUT2D eigenvalue weighted by molar-refractivity contribution is -0.187. The number of ether oxygens (including phenoxy) is 2. The minimum Gasteiger partial charge on any atom is -0.387 e. The SMILES string of the molecule is CCCCCC#CCC(O)C(OCC)OCC. The van der Waals surface area contributed by atoms with E-state index in [1.165, 1.54) is 12.8 Å². The largest absolute Gasteiger partial charge is 0.387 e. The van der Waals surface area contributed by atoms with Crippen LogP contribution in [0.25, 0.3) is 0 Å². The fraction of sp³-hybridized carbons (Fsp3) is 0.857. The highest BCUT2D eigenvalue weighted by molar-refractivity contribution is 5.00. The third kappa shape index (κ3) is 9.17. The first-order chi connectivity index (χ1) is 8.26. The summed E-state index contributed by atoms with van der Waals surface area (Å²) < 4.78 is 10.6. The van der Waals surface area contributed by atoms with Gasteiger partial charge in [-0.15, -0.1) is 11.8 Å². The molecule has 0 aromatic carbocycles. The zero-order valence-electron chi connectivity index (χ0n) is 11.4. The lowest BCUT2D eigenvalue weighted by atomic mass is 10.2. The van der Waals surface area contributed by atoms with E-state index in [-0.39, 0.29) is 0 Å². The molecule has 0 aromatic heterocycles. The maximum absolute atomic E-state index is 9.82. The second kappa shape index (κ2) is 11.9. The average Bonchev–Trinajstić information content (AvgIpc) is 2.33. The van der Waals surface area contributed by atoms with Gasteiger partial charge in [-0.3, -0.25) is 0 Å². The normalized spacial score (nSPS) is 12.3. The van der Waals surface area contributed by atoms with Gasteiger partial charge in [0.15, 0.2) is 6.29 Å². The van der Waals surface area contributed by atoms with Crippen molar-refractivity contribution in [3.63, 3.8) is 0 Å². The molecule has 0 spiro atoms. The van der Waals surface area contributed by atoms with E-state index in [1.807, 2.05) is 13.8 Å². The first kappa shape index (κ1) is 16.4. The van der Waals surface area contributed by atoms with Gasteiger partial charge >= 0.3 is 0 Å². The van der Waals surface area contributed by atoms with Gasteiger partial charge in [-0.1, -0.05) is 19.8 Å². The topological polar surface area (TPSA) is 38.7 Å². The molecule has 0 radical (unpaired) electrons. The molecule has 0 aliphatic carbocycles. The lowest BCUT2D eigenvalue weighted by Gasteiger charge is -2.20. The highest BCUT2D eigenvalue weighted by Crippen LogP contribution is 2.05. The molecule has 3 heteroatoms. The Bertz CT molecular complexity index is 211. The summed E-state index contributed by atoms with van der Waals surface area (Å²) in [6, 6.07) is 0. The molecule has 0 aromatic rings. The van der Waals surface area contributed by atoms with Gasteiger partial charge in [0.05, 0.1) is 0 Å². The number of aliphatic hydroxyl groups is 1. The van der Waals surface area contributed by atoms with E-state index in [0.717, 1.165) is 12.8 Å². The van der Waals surface area contributed by atoms with Crippen LogP contribution in [0, 0.1) is 11.8 Å². The van der Waals surface area contributed by atoms with Gasteiger partial charge < -0.3 is 14.6 Å². The van der Waals surface area contributed by atoms with Crippen LogP contribution in [-0.2, 0) is 9.47 Å². The molecule has 0 bridgehead atoms. The standard InChI is InChI=1S/C14H26O3/c1-4-7-8-9-10-11-12-13(15)14(16-5-2)17-6-3/h13-15H,4-9,12H2,1-3H3. The van der Waals surface area contributed by atoms with E-state index in [9.17, 15) is 5.11 Å². The van der Waals surface area contributed by atoms with E-state index in [4.69, 9.17) is 9.47 Å². The quantitative estimate of drug-likeness (QED) is 0.384. The number of aliphatic hydroxyl groups excluding tert-OH is 1. The van der Waals surface area contributed by atoms with Crippen LogP contribution < -0.4 is 0 Å². The molecule has 0 amide bonds. The summed E-state index contributed by atoms with van der Waals surface area (Å²) >= 11 is 0. The van der Waals surface area contributed by atoms with Crippen molar-refractivity contribution in [3.8, 4) is 11.8 Å². The Morgan fingerprint density at radius 1 is 1.00 bits per heavy atom. The fourth-order valence-corrected chi connectivity index (χ4v) is 1.42. The van der Waals surface area contributed by atoms with E-state index >= 15 is 0 Å². The maximum atomic E-state index is 9.82. The van der Waals surface area contributed by atoms with Crippen molar-refractivity contribution in [2.24, 2.45) is 0 Å². The molecule has 100 valence electrons. The van der Waals surface area contributed by atoms with Gasteiger partial charge in [0.1, 0.15) is 6.10 Å². The second-order valence-corrected chi connectivity index (χ2v) is 3.86. The van der Waals surface area contributed by atoms with Gasteiger partial charge in [0.25, 0.3) is 0 Å². The van der Waals surface area contributed by atoms with Gasteiger partial charge in [0.2, 0.25) is 0 Å². The molecule has 0 rings (SSSR count). The van der Waals surface area contributed by atoms with Crippen LogP contribution in [0.4, 0.5) is 0 Å². The summed E-state index contributed by atoms with van der Waals surface area (Å²) in [5, 5.41) is 9.82. The van der Waals surface area contributed by atoms with E-state index in [2.05, 4.69) is 18.8 Å². The number of unbranched alkanes of at least 4 members (excludes halogenated alkanes) is 3. The molecule has 17 heavy (non-hydrogen) atoms. The number of rotatable bonds is 9. The van der Waals surface area contributed by atoms with Crippen LogP contribution in [0.1, 0.15) is 52.9 Å². The molecule has 1 N–H and O–H groups in total. The first-order valence-corrected chi connectivity index (χ1v) is 6.63. The van der Waals surface area contributed by atoms with E-state index < -0.39 is 12.4 Å². The Kier molecular flexibility index (Phi) is 11.5. The molecule has 0 heterocycles. The average molecular weight is 242 g/mol. The maximum Gasteiger partial charge on any atom is 0.184 e. The van der Waals surface area contributed by atoms with Crippen molar-refractivity contribution < 1.29 is 14.6 Å². The molecular weight excluding hydrogens is 216 g/mol. The Morgan fingerprint density at radius 2 is 1.65 bits per heavy atom. The molecule has 0 aliphatic rings. The van der Waals surface area contributed by atoms with Gasteiger partial charge in [-0.2, -0.15) is 0 Å². The van der Waals surface area contributed by atoms with Crippen molar-refractivity contribution in [2.45, 2.75) is 65.3 Å². The molecule has 1 atom stereocenters. The summed E-state index contributed by atoms with van der Waals surface area (Å²) in [5.74, 6) is 6.05. The molecule has 0 fully saturated rings. The molecule has 0 aliphatic heterocycles. The first-order valence-electron chi connectivity index (χ1n) is 6.63. The fourth-order valence-electron chi connectivity index (χ4n) is 1.42. The third-order valence-electron chi connectivity index (χ3n) is 2.32. The second-order valence-electron chi connectivity index (χ2n) is 3.86. The van der Waals surface area contributed by atoms with E-state index in [0.29, 0.717) is 19.6 Å². The van der Waals surface area contributed by atoms with Crippen LogP contribution >= 0.6 is 0 Å². The van der Waals surface area contributed by atoms with Gasteiger partial charge in [-0.05, 0) is 20.3 Å². The highest BCUT2D eigenvalue weighted by Gasteiger charge is 2.18. The van der Waals surface area contributed by atoms with E-state index in [1.54, 1.807) is 0 Å². The van der Waals surface area contributed by atoms with Crippen LogP contribution in [0.2, 0.25) is 0 Å². The minimum atomic E-state index is -0.659. The lowest BCUT2D eigenvalue weighted by Crippen LogP contribution is -2.31. The summed E-state index contributed by atoms with van der Waals surface area (Å²) in [5.41, 5.74) is 0. The zero-order chi connectivity index (χ0) is 12.9. The van der Waals surface area contributed by atoms with Crippen molar-refractivity contribution in [1.82, 2.24) is 0 Å². The molecule has 3 nitrogen and oxygen atoms in total. The summed E-state index contributed by atoms with van der Waals surface area (Å²) in [4.78, 5) is 0. The van der Waals surface area contributed by atoms with Crippen LogP contribution in [0.5, 0.6) is 0 Å². The predicted octanol–water partition coefficient (Wildman–Crippen LogP) is 2.72. The predicted molar refractivity (Wildman–Crippen MR) is 69.6 cm³/mol. The van der Waals surface area contributed by atoms with Gasteiger partial charge in [-0.25, -0.2) is 0 Å².